The Morgan fingerprint density at radius 1 is 0.704 bits per heavy atom. The van der Waals surface area contributed by atoms with Gasteiger partial charge in [0.25, 0.3) is 11.8 Å². The molecular formula is C22H11BN2O2. The fourth-order valence-corrected chi connectivity index (χ4v) is 4.25. The predicted molar refractivity (Wildman–Crippen MR) is 104 cm³/mol. The highest BCUT2D eigenvalue weighted by molar-refractivity contribution is 6.33. The maximum absolute atomic E-state index is 13.3. The fourth-order valence-electron chi connectivity index (χ4n) is 4.25. The molecule has 4 heterocycles. The highest BCUT2D eigenvalue weighted by Gasteiger charge is 2.49. The molecule has 0 N–H and O–H groups in total. The van der Waals surface area contributed by atoms with Crippen LogP contribution in [0.25, 0.3) is 23.5 Å². The number of fused-ring (bicyclic) bond motifs is 7. The molecule has 0 aliphatic carbocycles. The molecule has 0 saturated heterocycles. The molecule has 4 nitrogen and oxygen atoms in total. The second kappa shape index (κ2) is 4.77. The minimum absolute atomic E-state index is 0.172. The van der Waals surface area contributed by atoms with Crippen molar-refractivity contribution in [3.63, 3.8) is 0 Å². The smallest absolute Gasteiger partial charge is 0.265 e. The molecule has 2 aromatic carbocycles. The summed E-state index contributed by atoms with van der Waals surface area (Å²) in [5, 5.41) is 0. The lowest BCUT2D eigenvalue weighted by atomic mass is 9.89. The minimum Gasteiger partial charge on any atom is -0.282 e. The standard InChI is InChI=1S/C22H11BN2O2/c23-14-5-6-16-13(11-14)8-10-25-20(16)18-17(21(25)26)19-15-4-2-1-3-12(15)7-9-24(19)22(18)27/h1-11H. The molecule has 0 spiro atoms. The first-order valence-electron chi connectivity index (χ1n) is 8.67. The van der Waals surface area contributed by atoms with Crippen LogP contribution in [0.4, 0.5) is 0 Å². The summed E-state index contributed by atoms with van der Waals surface area (Å²) in [4.78, 5) is 29.7. The van der Waals surface area contributed by atoms with E-state index in [1.165, 1.54) is 0 Å². The molecule has 2 radical (unpaired) electrons. The van der Waals surface area contributed by atoms with Crippen LogP contribution in [0, 0.1) is 0 Å². The number of benzene rings is 2. The monoisotopic (exact) mass is 346 g/mol. The van der Waals surface area contributed by atoms with Crippen molar-refractivity contribution < 1.29 is 9.59 Å². The molecule has 4 aliphatic rings. The van der Waals surface area contributed by atoms with Gasteiger partial charge in [0.1, 0.15) is 7.85 Å². The van der Waals surface area contributed by atoms with Crippen LogP contribution in [0.15, 0.2) is 66.0 Å². The summed E-state index contributed by atoms with van der Waals surface area (Å²) in [5.74, 6) is -0.343. The number of nitrogens with zero attached hydrogens (tertiary/aromatic N) is 2. The zero-order valence-corrected chi connectivity index (χ0v) is 14.1. The molecule has 0 bridgehead atoms. The molecule has 124 valence electrons. The largest absolute Gasteiger partial charge is 0.282 e. The van der Waals surface area contributed by atoms with Crippen LogP contribution in [-0.2, 0) is 9.59 Å². The molecule has 2 amide bonds. The molecule has 0 fully saturated rings. The van der Waals surface area contributed by atoms with Crippen molar-refractivity contribution in [2.45, 2.75) is 0 Å². The van der Waals surface area contributed by atoms with Crippen LogP contribution in [0.1, 0.15) is 22.3 Å². The van der Waals surface area contributed by atoms with E-state index in [2.05, 4.69) is 0 Å². The molecule has 2 aromatic rings. The van der Waals surface area contributed by atoms with E-state index < -0.39 is 0 Å². The van der Waals surface area contributed by atoms with Gasteiger partial charge in [-0.2, -0.15) is 0 Å². The van der Waals surface area contributed by atoms with E-state index in [-0.39, 0.29) is 11.8 Å². The summed E-state index contributed by atoms with van der Waals surface area (Å²) in [6, 6.07) is 13.3. The van der Waals surface area contributed by atoms with Crippen LogP contribution in [-0.4, -0.2) is 29.5 Å². The molecule has 5 heteroatoms. The van der Waals surface area contributed by atoms with E-state index in [1.54, 1.807) is 28.3 Å². The Bertz CT molecular complexity index is 1230. The Kier molecular flexibility index (Phi) is 2.57. The van der Waals surface area contributed by atoms with Crippen molar-refractivity contribution in [3.05, 3.63) is 88.3 Å². The molecule has 0 unspecified atom stereocenters. The van der Waals surface area contributed by atoms with Crippen molar-refractivity contribution in [2.75, 3.05) is 0 Å². The van der Waals surface area contributed by atoms with Gasteiger partial charge in [0.15, 0.2) is 0 Å². The third-order valence-electron chi connectivity index (χ3n) is 5.42. The molecule has 0 saturated carbocycles. The van der Waals surface area contributed by atoms with E-state index in [0.29, 0.717) is 28.0 Å². The average Bonchev–Trinajstić information content (AvgIpc) is 3.15. The second-order valence-corrected chi connectivity index (χ2v) is 6.86. The van der Waals surface area contributed by atoms with Crippen molar-refractivity contribution >= 4 is 48.7 Å². The van der Waals surface area contributed by atoms with E-state index >= 15 is 0 Å². The van der Waals surface area contributed by atoms with E-state index in [1.807, 2.05) is 48.6 Å². The predicted octanol–water partition coefficient (Wildman–Crippen LogP) is 2.26. The first-order chi connectivity index (χ1) is 13.1. The zero-order valence-electron chi connectivity index (χ0n) is 14.1. The molecule has 0 atom stereocenters. The number of carbonyl (C=O) groups excluding carboxylic acids is 2. The van der Waals surface area contributed by atoms with Gasteiger partial charge in [-0.05, 0) is 23.3 Å². The molecule has 27 heavy (non-hydrogen) atoms. The number of amides is 2. The lowest BCUT2D eigenvalue weighted by molar-refractivity contribution is -0.122. The first-order valence-corrected chi connectivity index (χ1v) is 8.67. The number of rotatable bonds is 0. The van der Waals surface area contributed by atoms with Crippen molar-refractivity contribution in [2.24, 2.45) is 0 Å². The van der Waals surface area contributed by atoms with Gasteiger partial charge in [-0.3, -0.25) is 19.4 Å². The Balaban J connectivity index is 1.70. The van der Waals surface area contributed by atoms with Crippen LogP contribution in [0.5, 0.6) is 0 Å². The van der Waals surface area contributed by atoms with Crippen LogP contribution < -0.4 is 5.46 Å². The topological polar surface area (TPSA) is 40.6 Å². The third-order valence-corrected chi connectivity index (χ3v) is 5.42. The Hall–Kier alpha value is -3.60. The fraction of sp³-hybridized carbons (Fsp3) is 0. The van der Waals surface area contributed by atoms with Crippen molar-refractivity contribution in [1.82, 2.24) is 9.80 Å². The van der Waals surface area contributed by atoms with Gasteiger partial charge in [-0.15, -0.1) is 0 Å². The summed E-state index contributed by atoms with van der Waals surface area (Å²) in [7, 11) is 5.90. The minimum atomic E-state index is -0.172. The lowest BCUT2D eigenvalue weighted by Gasteiger charge is -2.26. The summed E-state index contributed by atoms with van der Waals surface area (Å²) < 4.78 is 0. The second-order valence-electron chi connectivity index (χ2n) is 6.86. The van der Waals surface area contributed by atoms with Crippen LogP contribution >= 0.6 is 0 Å². The maximum Gasteiger partial charge on any atom is 0.265 e. The van der Waals surface area contributed by atoms with Gasteiger partial charge >= 0.3 is 0 Å². The van der Waals surface area contributed by atoms with Gasteiger partial charge in [0.2, 0.25) is 0 Å². The number of carbonyl (C=O) groups is 2. The maximum atomic E-state index is 13.3. The normalized spacial score (nSPS) is 18.7. The summed E-state index contributed by atoms with van der Waals surface area (Å²) in [6.45, 7) is 0. The van der Waals surface area contributed by atoms with Gasteiger partial charge in [0, 0.05) is 23.5 Å². The Morgan fingerprint density at radius 3 is 2.00 bits per heavy atom. The van der Waals surface area contributed by atoms with Gasteiger partial charge in [-0.1, -0.05) is 47.9 Å². The summed E-state index contributed by atoms with van der Waals surface area (Å²) in [6.07, 6.45) is 7.23. The first kappa shape index (κ1) is 14.6. The lowest BCUT2D eigenvalue weighted by Crippen LogP contribution is -2.27. The highest BCUT2D eigenvalue weighted by atomic mass is 16.2. The summed E-state index contributed by atoms with van der Waals surface area (Å²) in [5.41, 5.74) is 6.54. The van der Waals surface area contributed by atoms with Gasteiger partial charge in [-0.25, -0.2) is 0 Å². The summed E-state index contributed by atoms with van der Waals surface area (Å²) >= 11 is 0. The number of hydrogen-bond acceptors (Lipinski definition) is 2. The molecule has 0 aromatic heterocycles. The zero-order chi connectivity index (χ0) is 18.3. The Morgan fingerprint density at radius 2 is 1.30 bits per heavy atom. The van der Waals surface area contributed by atoms with Gasteiger partial charge < -0.3 is 0 Å². The van der Waals surface area contributed by atoms with E-state index in [4.69, 9.17) is 7.85 Å². The SMILES string of the molecule is [B]c1ccc2c(c1)C=CN1C(=O)C3=C4c5ccccc5C=CN4C(=O)C3=C21. The highest BCUT2D eigenvalue weighted by Crippen LogP contribution is 2.50. The molecular weight excluding hydrogens is 335 g/mol. The molecule has 6 rings (SSSR count). The van der Waals surface area contributed by atoms with Gasteiger partial charge in [0.05, 0.1) is 22.5 Å². The van der Waals surface area contributed by atoms with E-state index in [0.717, 1.165) is 22.3 Å². The third kappa shape index (κ3) is 1.69. The number of hydrogen-bond donors (Lipinski definition) is 0. The average molecular weight is 346 g/mol. The van der Waals surface area contributed by atoms with E-state index in [9.17, 15) is 9.59 Å². The van der Waals surface area contributed by atoms with Crippen molar-refractivity contribution in [3.8, 4) is 0 Å². The van der Waals surface area contributed by atoms with Crippen LogP contribution in [0.2, 0.25) is 0 Å². The quantitative estimate of drug-likeness (QED) is 0.687. The van der Waals surface area contributed by atoms with Crippen molar-refractivity contribution in [1.29, 1.82) is 0 Å². The Labute approximate surface area is 156 Å². The molecule has 4 aliphatic heterocycles. The van der Waals surface area contributed by atoms with Crippen LogP contribution in [0.3, 0.4) is 0 Å².